The van der Waals surface area contributed by atoms with Crippen LogP contribution in [0.15, 0.2) is 103 Å². The highest BCUT2D eigenvalue weighted by Crippen LogP contribution is 2.30. The first-order valence-electron chi connectivity index (χ1n) is 11.9. The second kappa shape index (κ2) is 12.0. The number of hydrogen-bond donors (Lipinski definition) is 0. The van der Waals surface area contributed by atoms with Gasteiger partial charge in [-0.05, 0) is 52.9 Å². The SMILES string of the molecule is COc1ccc(CCN(Cc2ccc(F)cc2)C(=O)C(c2ccccc2)c2ccccc2)cc1OC. The van der Waals surface area contributed by atoms with Gasteiger partial charge in [0.2, 0.25) is 5.91 Å². The van der Waals surface area contributed by atoms with Crippen molar-refractivity contribution in [3.63, 3.8) is 0 Å². The summed E-state index contributed by atoms with van der Waals surface area (Å²) in [4.78, 5) is 16.0. The predicted molar refractivity (Wildman–Crippen MR) is 140 cm³/mol. The molecule has 0 heterocycles. The Bertz CT molecular complexity index is 1220. The van der Waals surface area contributed by atoms with Crippen molar-refractivity contribution in [3.05, 3.63) is 131 Å². The van der Waals surface area contributed by atoms with Crippen molar-refractivity contribution in [1.29, 1.82) is 0 Å². The van der Waals surface area contributed by atoms with E-state index in [-0.39, 0.29) is 11.7 Å². The van der Waals surface area contributed by atoms with Gasteiger partial charge < -0.3 is 14.4 Å². The van der Waals surface area contributed by atoms with Crippen LogP contribution in [0.2, 0.25) is 0 Å². The number of amides is 1. The lowest BCUT2D eigenvalue weighted by molar-refractivity contribution is -0.132. The average molecular weight is 484 g/mol. The van der Waals surface area contributed by atoms with Gasteiger partial charge in [-0.2, -0.15) is 0 Å². The van der Waals surface area contributed by atoms with E-state index in [1.165, 1.54) is 12.1 Å². The summed E-state index contributed by atoms with van der Waals surface area (Å²) in [6.45, 7) is 0.866. The van der Waals surface area contributed by atoms with E-state index in [4.69, 9.17) is 9.47 Å². The zero-order valence-corrected chi connectivity index (χ0v) is 20.6. The third kappa shape index (κ3) is 6.11. The molecule has 0 aromatic heterocycles. The summed E-state index contributed by atoms with van der Waals surface area (Å²) in [7, 11) is 3.21. The summed E-state index contributed by atoms with van der Waals surface area (Å²) in [5, 5.41) is 0. The highest BCUT2D eigenvalue weighted by Gasteiger charge is 2.27. The number of ether oxygens (including phenoxy) is 2. The first-order valence-corrected chi connectivity index (χ1v) is 11.9. The third-order valence-electron chi connectivity index (χ3n) is 6.23. The molecule has 5 heteroatoms. The highest BCUT2D eigenvalue weighted by molar-refractivity contribution is 5.87. The second-order valence-corrected chi connectivity index (χ2v) is 8.58. The van der Waals surface area contributed by atoms with Crippen LogP contribution in [0.3, 0.4) is 0 Å². The topological polar surface area (TPSA) is 38.8 Å². The summed E-state index contributed by atoms with van der Waals surface area (Å²) < 4.78 is 24.4. The molecule has 4 nitrogen and oxygen atoms in total. The molecule has 0 radical (unpaired) electrons. The predicted octanol–water partition coefficient (Wildman–Crippen LogP) is 6.25. The molecule has 0 fully saturated rings. The normalized spacial score (nSPS) is 10.8. The minimum atomic E-state index is -0.446. The number of rotatable bonds is 10. The van der Waals surface area contributed by atoms with Gasteiger partial charge in [-0.3, -0.25) is 4.79 Å². The number of hydrogen-bond acceptors (Lipinski definition) is 3. The van der Waals surface area contributed by atoms with Crippen LogP contribution >= 0.6 is 0 Å². The minimum Gasteiger partial charge on any atom is -0.493 e. The number of carbonyl (C=O) groups excluding carboxylic acids is 1. The van der Waals surface area contributed by atoms with Gasteiger partial charge in [-0.25, -0.2) is 4.39 Å². The Kier molecular flexibility index (Phi) is 8.35. The largest absolute Gasteiger partial charge is 0.493 e. The van der Waals surface area contributed by atoms with Crippen LogP contribution in [0.25, 0.3) is 0 Å². The molecular formula is C31H30FNO3. The van der Waals surface area contributed by atoms with Crippen molar-refractivity contribution >= 4 is 5.91 Å². The maximum atomic E-state index is 14.2. The van der Waals surface area contributed by atoms with E-state index in [0.717, 1.165) is 22.3 Å². The lowest BCUT2D eigenvalue weighted by Crippen LogP contribution is -2.36. The standard InChI is InChI=1S/C31H30FNO3/c1-35-28-18-15-23(21-29(28)36-2)19-20-33(22-24-13-16-27(32)17-14-24)31(34)30(25-9-5-3-6-10-25)26-11-7-4-8-12-26/h3-18,21,30H,19-20,22H2,1-2H3. The number of carbonyl (C=O) groups is 1. The van der Waals surface area contributed by atoms with Crippen molar-refractivity contribution in [1.82, 2.24) is 4.90 Å². The fourth-order valence-corrected chi connectivity index (χ4v) is 4.33. The first kappa shape index (κ1) is 25.0. The molecule has 0 spiro atoms. The summed E-state index contributed by atoms with van der Waals surface area (Å²) in [6, 6.07) is 31.7. The molecule has 0 unspecified atom stereocenters. The monoisotopic (exact) mass is 483 g/mol. The van der Waals surface area contributed by atoms with E-state index < -0.39 is 5.92 Å². The van der Waals surface area contributed by atoms with Gasteiger partial charge in [0, 0.05) is 13.1 Å². The van der Waals surface area contributed by atoms with Crippen LogP contribution in [0.4, 0.5) is 4.39 Å². The molecule has 0 saturated carbocycles. The van der Waals surface area contributed by atoms with Gasteiger partial charge in [0.15, 0.2) is 11.5 Å². The van der Waals surface area contributed by atoms with Gasteiger partial charge in [0.25, 0.3) is 0 Å². The van der Waals surface area contributed by atoms with E-state index in [9.17, 15) is 9.18 Å². The molecule has 0 aliphatic carbocycles. The fourth-order valence-electron chi connectivity index (χ4n) is 4.33. The van der Waals surface area contributed by atoms with Crippen LogP contribution in [0, 0.1) is 5.82 Å². The van der Waals surface area contributed by atoms with E-state index in [0.29, 0.717) is 31.0 Å². The van der Waals surface area contributed by atoms with E-state index in [1.54, 1.807) is 26.4 Å². The molecule has 0 saturated heterocycles. The first-order chi connectivity index (χ1) is 17.6. The molecule has 0 aliphatic heterocycles. The number of methoxy groups -OCH3 is 2. The molecule has 0 atom stereocenters. The molecule has 36 heavy (non-hydrogen) atoms. The molecule has 4 aromatic carbocycles. The second-order valence-electron chi connectivity index (χ2n) is 8.58. The molecule has 0 bridgehead atoms. The van der Waals surface area contributed by atoms with Gasteiger partial charge >= 0.3 is 0 Å². The molecule has 4 aromatic rings. The third-order valence-corrected chi connectivity index (χ3v) is 6.23. The molecule has 1 amide bonds. The maximum absolute atomic E-state index is 14.2. The zero-order valence-electron chi connectivity index (χ0n) is 20.6. The lowest BCUT2D eigenvalue weighted by Gasteiger charge is -2.28. The highest BCUT2D eigenvalue weighted by atomic mass is 19.1. The fraction of sp³-hybridized carbons (Fsp3) is 0.194. The van der Waals surface area contributed by atoms with Crippen molar-refractivity contribution in [3.8, 4) is 11.5 Å². The zero-order chi connectivity index (χ0) is 25.3. The van der Waals surface area contributed by atoms with Crippen molar-refractivity contribution < 1.29 is 18.7 Å². The summed E-state index contributed by atoms with van der Waals surface area (Å²) >= 11 is 0. The summed E-state index contributed by atoms with van der Waals surface area (Å²) in [6.07, 6.45) is 0.629. The Morgan fingerprint density at radius 2 is 1.31 bits per heavy atom. The molecule has 0 N–H and O–H groups in total. The Hall–Kier alpha value is -4.12. The van der Waals surface area contributed by atoms with Crippen LogP contribution in [-0.4, -0.2) is 31.6 Å². The minimum absolute atomic E-state index is 0.00259. The lowest BCUT2D eigenvalue weighted by atomic mass is 9.89. The maximum Gasteiger partial charge on any atom is 0.234 e. The van der Waals surface area contributed by atoms with Gasteiger partial charge in [0.05, 0.1) is 20.1 Å². The van der Waals surface area contributed by atoms with Crippen LogP contribution in [0.5, 0.6) is 11.5 Å². The van der Waals surface area contributed by atoms with Crippen molar-refractivity contribution in [2.75, 3.05) is 20.8 Å². The van der Waals surface area contributed by atoms with E-state index in [1.807, 2.05) is 83.8 Å². The number of halogens is 1. The summed E-state index contributed by atoms with van der Waals surface area (Å²) in [5.41, 5.74) is 3.77. The Morgan fingerprint density at radius 1 is 0.750 bits per heavy atom. The van der Waals surface area contributed by atoms with E-state index >= 15 is 0 Å². The molecule has 4 rings (SSSR count). The Morgan fingerprint density at radius 3 is 1.86 bits per heavy atom. The van der Waals surface area contributed by atoms with Crippen LogP contribution in [0.1, 0.15) is 28.2 Å². The summed E-state index contributed by atoms with van der Waals surface area (Å²) in [5.74, 6) is 0.565. The van der Waals surface area contributed by atoms with Gasteiger partial charge in [0.1, 0.15) is 5.82 Å². The van der Waals surface area contributed by atoms with Gasteiger partial charge in [-0.1, -0.05) is 78.9 Å². The average Bonchev–Trinajstić information content (AvgIpc) is 2.93. The van der Waals surface area contributed by atoms with Crippen LogP contribution < -0.4 is 9.47 Å². The Balaban J connectivity index is 1.66. The molecule has 184 valence electrons. The van der Waals surface area contributed by atoms with Gasteiger partial charge in [-0.15, -0.1) is 0 Å². The molecular weight excluding hydrogens is 453 g/mol. The smallest absolute Gasteiger partial charge is 0.234 e. The van der Waals surface area contributed by atoms with Crippen molar-refractivity contribution in [2.24, 2.45) is 0 Å². The van der Waals surface area contributed by atoms with Crippen LogP contribution in [-0.2, 0) is 17.8 Å². The van der Waals surface area contributed by atoms with E-state index in [2.05, 4.69) is 0 Å². The molecule has 0 aliphatic rings. The number of nitrogens with zero attached hydrogens (tertiary/aromatic N) is 1. The Labute approximate surface area is 211 Å². The number of benzene rings is 4. The quantitative estimate of drug-likeness (QED) is 0.268. The van der Waals surface area contributed by atoms with Crippen molar-refractivity contribution in [2.45, 2.75) is 18.9 Å².